The average Bonchev–Trinajstić information content (AvgIpc) is 3.05. The number of alkyl halides is 3. The van der Waals surface area contributed by atoms with Crippen LogP contribution < -0.4 is 26.3 Å². The molecule has 1 aliphatic rings. The number of carbonyl (C=O) groups is 1. The zero-order valence-electron chi connectivity index (χ0n) is 15.5. The molecule has 0 saturated heterocycles. The second kappa shape index (κ2) is 7.60. The molecule has 4 rings (SSSR count). The molecule has 1 atom stereocenters. The summed E-state index contributed by atoms with van der Waals surface area (Å²) in [7, 11) is 0. The number of hydrogen-bond donors (Lipinski definition) is 3. The third-order valence-corrected chi connectivity index (χ3v) is 4.51. The van der Waals surface area contributed by atoms with Crippen molar-refractivity contribution in [3.63, 3.8) is 0 Å². The SMILES string of the molecule is NC1c2ccccc2ON1c1ccc(NC(=O)Nc2cccc(C(F)(F)F)c2)cc1. The quantitative estimate of drug-likeness (QED) is 0.556. The van der Waals surface area contributed by atoms with Gasteiger partial charge in [0, 0.05) is 16.9 Å². The van der Waals surface area contributed by atoms with Gasteiger partial charge in [0.25, 0.3) is 0 Å². The van der Waals surface area contributed by atoms with Crippen LogP contribution in [0.5, 0.6) is 5.75 Å². The highest BCUT2D eigenvalue weighted by Crippen LogP contribution is 2.37. The summed E-state index contributed by atoms with van der Waals surface area (Å²) < 4.78 is 38.3. The van der Waals surface area contributed by atoms with E-state index in [9.17, 15) is 18.0 Å². The summed E-state index contributed by atoms with van der Waals surface area (Å²) in [5.74, 6) is 0.674. The predicted molar refractivity (Wildman–Crippen MR) is 107 cm³/mol. The summed E-state index contributed by atoms with van der Waals surface area (Å²) in [6.45, 7) is 0. The number of urea groups is 1. The zero-order valence-corrected chi connectivity index (χ0v) is 15.5. The Labute approximate surface area is 170 Å². The summed E-state index contributed by atoms with van der Waals surface area (Å²) in [5.41, 5.74) is 7.40. The highest BCUT2D eigenvalue weighted by Gasteiger charge is 2.31. The van der Waals surface area contributed by atoms with E-state index >= 15 is 0 Å². The number of carbonyl (C=O) groups excluding carboxylic acids is 1. The minimum Gasteiger partial charge on any atom is -0.377 e. The molecule has 2 amide bonds. The van der Waals surface area contributed by atoms with Crippen molar-refractivity contribution in [3.05, 3.63) is 83.9 Å². The van der Waals surface area contributed by atoms with Gasteiger partial charge in [0.1, 0.15) is 6.17 Å². The summed E-state index contributed by atoms with van der Waals surface area (Å²) >= 11 is 0. The van der Waals surface area contributed by atoms with Crippen molar-refractivity contribution >= 4 is 23.1 Å². The summed E-state index contributed by atoms with van der Waals surface area (Å²) in [6, 6.07) is 17.9. The van der Waals surface area contributed by atoms with E-state index in [4.69, 9.17) is 10.6 Å². The number of fused-ring (bicyclic) bond motifs is 1. The van der Waals surface area contributed by atoms with E-state index in [1.165, 1.54) is 12.1 Å². The minimum absolute atomic E-state index is 0.0353. The Hall–Kier alpha value is -3.72. The maximum absolute atomic E-state index is 12.8. The summed E-state index contributed by atoms with van der Waals surface area (Å²) in [6.07, 6.45) is -4.95. The summed E-state index contributed by atoms with van der Waals surface area (Å²) in [4.78, 5) is 17.9. The molecular formula is C21H17F3N4O2. The Kier molecular flexibility index (Phi) is 4.96. The molecule has 30 heavy (non-hydrogen) atoms. The molecule has 1 aliphatic heterocycles. The lowest BCUT2D eigenvalue weighted by molar-refractivity contribution is -0.137. The van der Waals surface area contributed by atoms with Gasteiger partial charge in [0.05, 0.1) is 11.3 Å². The first-order valence-corrected chi connectivity index (χ1v) is 8.98. The van der Waals surface area contributed by atoms with Crippen LogP contribution in [-0.4, -0.2) is 6.03 Å². The van der Waals surface area contributed by atoms with Gasteiger partial charge in [0.2, 0.25) is 0 Å². The molecule has 1 unspecified atom stereocenters. The molecule has 1 heterocycles. The van der Waals surface area contributed by atoms with Crippen LogP contribution in [0.25, 0.3) is 0 Å². The van der Waals surface area contributed by atoms with Gasteiger partial charge in [0.15, 0.2) is 5.75 Å². The molecule has 9 heteroatoms. The van der Waals surface area contributed by atoms with Crippen LogP contribution in [0, 0.1) is 0 Å². The largest absolute Gasteiger partial charge is 0.416 e. The predicted octanol–water partition coefficient (Wildman–Crippen LogP) is 5.12. The number of nitrogens with zero attached hydrogens (tertiary/aromatic N) is 1. The highest BCUT2D eigenvalue weighted by atomic mass is 19.4. The van der Waals surface area contributed by atoms with Crippen LogP contribution in [0.4, 0.5) is 35.0 Å². The van der Waals surface area contributed by atoms with Crippen molar-refractivity contribution in [3.8, 4) is 5.75 Å². The van der Waals surface area contributed by atoms with E-state index in [1.807, 2.05) is 24.3 Å². The normalized spacial score (nSPS) is 15.3. The van der Waals surface area contributed by atoms with Crippen LogP contribution in [0.3, 0.4) is 0 Å². The van der Waals surface area contributed by atoms with Crippen molar-refractivity contribution in [1.82, 2.24) is 0 Å². The van der Waals surface area contributed by atoms with Gasteiger partial charge in [-0.1, -0.05) is 24.3 Å². The minimum atomic E-state index is -4.48. The van der Waals surface area contributed by atoms with Gasteiger partial charge in [-0.3, -0.25) is 0 Å². The number of hydroxylamine groups is 1. The lowest BCUT2D eigenvalue weighted by atomic mass is 10.1. The Balaban J connectivity index is 1.40. The van der Waals surface area contributed by atoms with Gasteiger partial charge in [-0.2, -0.15) is 18.2 Å². The van der Waals surface area contributed by atoms with Crippen LogP contribution >= 0.6 is 0 Å². The molecule has 3 aromatic carbocycles. The molecule has 0 radical (unpaired) electrons. The van der Waals surface area contributed by atoms with E-state index < -0.39 is 23.9 Å². The monoisotopic (exact) mass is 414 g/mol. The molecule has 0 aromatic heterocycles. The number of amides is 2. The fraction of sp³-hybridized carbons (Fsp3) is 0.0952. The van der Waals surface area contributed by atoms with Crippen molar-refractivity contribution < 1.29 is 22.8 Å². The van der Waals surface area contributed by atoms with Crippen molar-refractivity contribution in [2.75, 3.05) is 15.7 Å². The lowest BCUT2D eigenvalue weighted by Crippen LogP contribution is -2.31. The number of halogens is 3. The first kappa shape index (κ1) is 19.6. The second-order valence-corrected chi connectivity index (χ2v) is 6.60. The fourth-order valence-electron chi connectivity index (χ4n) is 3.07. The molecule has 0 spiro atoms. The second-order valence-electron chi connectivity index (χ2n) is 6.60. The van der Waals surface area contributed by atoms with Gasteiger partial charge >= 0.3 is 12.2 Å². The topological polar surface area (TPSA) is 79.6 Å². The van der Waals surface area contributed by atoms with Crippen LogP contribution in [0.2, 0.25) is 0 Å². The van der Waals surface area contributed by atoms with Crippen LogP contribution in [-0.2, 0) is 6.18 Å². The van der Waals surface area contributed by atoms with Crippen molar-refractivity contribution in [2.45, 2.75) is 12.3 Å². The van der Waals surface area contributed by atoms with Crippen molar-refractivity contribution in [1.29, 1.82) is 0 Å². The van der Waals surface area contributed by atoms with Crippen molar-refractivity contribution in [2.24, 2.45) is 5.73 Å². The number of hydrogen-bond acceptors (Lipinski definition) is 4. The number of para-hydroxylation sites is 1. The van der Waals surface area contributed by atoms with Gasteiger partial charge < -0.3 is 21.2 Å². The maximum atomic E-state index is 12.8. The van der Waals surface area contributed by atoms with Crippen LogP contribution in [0.1, 0.15) is 17.3 Å². The van der Waals surface area contributed by atoms with Crippen LogP contribution in [0.15, 0.2) is 72.8 Å². The first-order chi connectivity index (χ1) is 14.3. The van der Waals surface area contributed by atoms with E-state index in [0.717, 1.165) is 17.7 Å². The molecule has 154 valence electrons. The lowest BCUT2D eigenvalue weighted by Gasteiger charge is -2.21. The number of nitrogens with one attached hydrogen (secondary N) is 2. The number of anilines is 3. The fourth-order valence-corrected chi connectivity index (χ4v) is 3.07. The Morgan fingerprint density at radius 1 is 0.933 bits per heavy atom. The molecule has 0 saturated carbocycles. The Bertz CT molecular complexity index is 1070. The number of rotatable bonds is 3. The Morgan fingerprint density at radius 3 is 2.33 bits per heavy atom. The average molecular weight is 414 g/mol. The molecule has 0 bridgehead atoms. The third-order valence-electron chi connectivity index (χ3n) is 4.51. The molecule has 4 N–H and O–H groups in total. The standard InChI is InChI=1S/C21H17F3N4O2/c22-21(23,24)13-4-3-5-15(12-13)27-20(29)26-14-8-10-16(11-9-14)28-19(25)17-6-1-2-7-18(17)30-28/h1-12,19H,25H2,(H2,26,27,29). The first-order valence-electron chi connectivity index (χ1n) is 8.98. The van der Waals surface area contributed by atoms with Gasteiger partial charge in [-0.05, 0) is 48.5 Å². The number of nitrogens with two attached hydrogens (primary N) is 1. The van der Waals surface area contributed by atoms with E-state index in [2.05, 4.69) is 10.6 Å². The third kappa shape index (κ3) is 4.01. The highest BCUT2D eigenvalue weighted by molar-refractivity contribution is 5.99. The molecule has 0 aliphatic carbocycles. The number of benzene rings is 3. The molecule has 6 nitrogen and oxygen atoms in total. The van der Waals surface area contributed by atoms with E-state index in [-0.39, 0.29) is 5.69 Å². The molecular weight excluding hydrogens is 397 g/mol. The summed E-state index contributed by atoms with van der Waals surface area (Å²) in [5, 5.41) is 6.51. The van der Waals surface area contributed by atoms with Gasteiger partial charge in [-0.25, -0.2) is 4.79 Å². The van der Waals surface area contributed by atoms with E-state index in [1.54, 1.807) is 29.3 Å². The Morgan fingerprint density at radius 2 is 1.63 bits per heavy atom. The van der Waals surface area contributed by atoms with E-state index in [0.29, 0.717) is 17.1 Å². The zero-order chi connectivity index (χ0) is 21.3. The molecule has 0 fully saturated rings. The smallest absolute Gasteiger partial charge is 0.377 e. The van der Waals surface area contributed by atoms with Gasteiger partial charge in [-0.15, -0.1) is 0 Å². The molecule has 3 aromatic rings. The maximum Gasteiger partial charge on any atom is 0.416 e.